The summed E-state index contributed by atoms with van der Waals surface area (Å²) >= 11 is 0. The second kappa shape index (κ2) is 4.66. The fourth-order valence-corrected chi connectivity index (χ4v) is 2.48. The highest BCUT2D eigenvalue weighted by Crippen LogP contribution is 2.34. The Bertz CT molecular complexity index is 671. The first kappa shape index (κ1) is 11.6. The second-order valence-electron chi connectivity index (χ2n) is 4.58. The van der Waals surface area contributed by atoms with E-state index >= 15 is 0 Å². The van der Waals surface area contributed by atoms with Crippen LogP contribution in [0.3, 0.4) is 0 Å². The van der Waals surface area contributed by atoms with Crippen molar-refractivity contribution in [1.82, 2.24) is 0 Å². The smallest absolute Gasteiger partial charge is 0.126 e. The molecule has 1 aliphatic rings. The minimum Gasteiger partial charge on any atom is -0.496 e. The normalized spacial score (nSPS) is 12.4. The Morgan fingerprint density at radius 2 is 2.11 bits per heavy atom. The van der Waals surface area contributed by atoms with E-state index in [1.54, 1.807) is 13.2 Å². The number of hydrogen-bond acceptors (Lipinski definition) is 3. The number of nitriles is 1. The number of benzene rings is 2. The summed E-state index contributed by atoms with van der Waals surface area (Å²) in [5, 5.41) is 12.4. The Morgan fingerprint density at radius 1 is 1.21 bits per heavy atom. The number of ether oxygens (including phenoxy) is 1. The van der Waals surface area contributed by atoms with E-state index in [4.69, 9.17) is 10.00 Å². The van der Waals surface area contributed by atoms with Gasteiger partial charge >= 0.3 is 0 Å². The van der Waals surface area contributed by atoms with Gasteiger partial charge in [0.2, 0.25) is 0 Å². The van der Waals surface area contributed by atoms with Crippen molar-refractivity contribution in [3.8, 4) is 22.9 Å². The van der Waals surface area contributed by atoms with E-state index in [9.17, 15) is 0 Å². The van der Waals surface area contributed by atoms with Crippen molar-refractivity contribution >= 4 is 5.69 Å². The van der Waals surface area contributed by atoms with Gasteiger partial charge in [0.25, 0.3) is 0 Å². The van der Waals surface area contributed by atoms with Crippen LogP contribution in [0.25, 0.3) is 11.1 Å². The van der Waals surface area contributed by atoms with Crippen LogP contribution in [-0.2, 0) is 6.42 Å². The van der Waals surface area contributed by atoms with E-state index in [1.165, 1.54) is 11.3 Å². The van der Waals surface area contributed by atoms with E-state index in [0.29, 0.717) is 5.56 Å². The SMILES string of the molecule is COc1ccc(C#N)cc1-c1ccc2c(c1)CCN2. The summed E-state index contributed by atoms with van der Waals surface area (Å²) in [4.78, 5) is 0. The summed E-state index contributed by atoms with van der Waals surface area (Å²) in [6.45, 7) is 0.994. The third-order valence-corrected chi connectivity index (χ3v) is 3.45. The van der Waals surface area contributed by atoms with Gasteiger partial charge in [-0.15, -0.1) is 0 Å². The number of rotatable bonds is 2. The lowest BCUT2D eigenvalue weighted by Crippen LogP contribution is -1.91. The van der Waals surface area contributed by atoms with Crippen LogP contribution in [0.1, 0.15) is 11.1 Å². The summed E-state index contributed by atoms with van der Waals surface area (Å²) in [5.74, 6) is 0.796. The summed E-state index contributed by atoms with van der Waals surface area (Å²) in [6, 6.07) is 14.0. The molecule has 3 heteroatoms. The minimum atomic E-state index is 0.648. The van der Waals surface area contributed by atoms with Gasteiger partial charge in [-0.3, -0.25) is 0 Å². The molecule has 1 N–H and O–H groups in total. The number of anilines is 1. The molecule has 94 valence electrons. The number of nitrogens with zero attached hydrogens (tertiary/aromatic N) is 1. The molecule has 0 unspecified atom stereocenters. The fraction of sp³-hybridized carbons (Fsp3) is 0.188. The Labute approximate surface area is 112 Å². The second-order valence-corrected chi connectivity index (χ2v) is 4.58. The molecule has 1 heterocycles. The molecule has 0 bridgehead atoms. The Hall–Kier alpha value is -2.47. The highest BCUT2D eigenvalue weighted by Gasteiger charge is 2.13. The van der Waals surface area contributed by atoms with E-state index in [0.717, 1.165) is 29.8 Å². The monoisotopic (exact) mass is 250 g/mol. The molecule has 0 saturated carbocycles. The molecule has 0 saturated heterocycles. The number of hydrogen-bond donors (Lipinski definition) is 1. The largest absolute Gasteiger partial charge is 0.496 e. The van der Waals surface area contributed by atoms with Crippen LogP contribution in [0.5, 0.6) is 5.75 Å². The maximum Gasteiger partial charge on any atom is 0.126 e. The molecule has 0 aliphatic carbocycles. The number of methoxy groups -OCH3 is 1. The highest BCUT2D eigenvalue weighted by atomic mass is 16.5. The topological polar surface area (TPSA) is 45.0 Å². The Morgan fingerprint density at radius 3 is 2.89 bits per heavy atom. The molecule has 0 amide bonds. The predicted octanol–water partition coefficient (Wildman–Crippen LogP) is 3.20. The van der Waals surface area contributed by atoms with Crippen LogP contribution in [-0.4, -0.2) is 13.7 Å². The third-order valence-electron chi connectivity index (χ3n) is 3.45. The van der Waals surface area contributed by atoms with Gasteiger partial charge in [0.05, 0.1) is 18.7 Å². The van der Waals surface area contributed by atoms with E-state index in [2.05, 4.69) is 29.6 Å². The van der Waals surface area contributed by atoms with E-state index < -0.39 is 0 Å². The summed E-state index contributed by atoms with van der Waals surface area (Å²) in [7, 11) is 1.65. The lowest BCUT2D eigenvalue weighted by Gasteiger charge is -2.10. The van der Waals surface area contributed by atoms with Gasteiger partial charge in [-0.1, -0.05) is 6.07 Å². The van der Waals surface area contributed by atoms with Crippen LogP contribution in [0.2, 0.25) is 0 Å². The molecule has 1 aliphatic heterocycles. The van der Waals surface area contributed by atoms with Crippen LogP contribution in [0, 0.1) is 11.3 Å². The van der Waals surface area contributed by atoms with Gasteiger partial charge < -0.3 is 10.1 Å². The zero-order chi connectivity index (χ0) is 13.2. The molecule has 0 spiro atoms. The average Bonchev–Trinajstić information content (AvgIpc) is 2.93. The maximum atomic E-state index is 9.03. The van der Waals surface area contributed by atoms with Crippen molar-refractivity contribution in [3.05, 3.63) is 47.5 Å². The fourth-order valence-electron chi connectivity index (χ4n) is 2.48. The number of nitrogens with one attached hydrogen (secondary N) is 1. The molecule has 3 rings (SSSR count). The molecule has 0 fully saturated rings. The van der Waals surface area contributed by atoms with Gasteiger partial charge in [-0.25, -0.2) is 0 Å². The molecular weight excluding hydrogens is 236 g/mol. The molecule has 2 aromatic carbocycles. The molecule has 3 nitrogen and oxygen atoms in total. The first-order chi connectivity index (χ1) is 9.31. The lowest BCUT2D eigenvalue weighted by molar-refractivity contribution is 0.416. The quantitative estimate of drug-likeness (QED) is 0.890. The zero-order valence-corrected chi connectivity index (χ0v) is 10.7. The van der Waals surface area contributed by atoms with Gasteiger partial charge in [0.15, 0.2) is 0 Å². The van der Waals surface area contributed by atoms with Crippen LogP contribution in [0.15, 0.2) is 36.4 Å². The van der Waals surface area contributed by atoms with Gasteiger partial charge in [-0.2, -0.15) is 5.26 Å². The van der Waals surface area contributed by atoms with Crippen molar-refractivity contribution in [2.45, 2.75) is 6.42 Å². The summed E-state index contributed by atoms with van der Waals surface area (Å²) in [6.07, 6.45) is 1.05. The van der Waals surface area contributed by atoms with Crippen molar-refractivity contribution < 1.29 is 4.74 Å². The van der Waals surface area contributed by atoms with Crippen molar-refractivity contribution in [2.24, 2.45) is 0 Å². The Balaban J connectivity index is 2.13. The summed E-state index contributed by atoms with van der Waals surface area (Å²) in [5.41, 5.74) is 5.24. The highest BCUT2D eigenvalue weighted by molar-refractivity contribution is 5.75. The standard InChI is InChI=1S/C16H14N2O/c1-19-16-5-2-11(10-17)8-14(16)12-3-4-15-13(9-12)6-7-18-15/h2-5,8-9,18H,6-7H2,1H3. The van der Waals surface area contributed by atoms with Crippen LogP contribution in [0.4, 0.5) is 5.69 Å². The third kappa shape index (κ3) is 2.02. The molecular formula is C16H14N2O. The minimum absolute atomic E-state index is 0.648. The van der Waals surface area contributed by atoms with E-state index in [1.807, 2.05) is 12.1 Å². The molecule has 19 heavy (non-hydrogen) atoms. The maximum absolute atomic E-state index is 9.03. The average molecular weight is 250 g/mol. The van der Waals surface area contributed by atoms with Crippen molar-refractivity contribution in [3.63, 3.8) is 0 Å². The number of fused-ring (bicyclic) bond motifs is 1. The van der Waals surface area contributed by atoms with Crippen molar-refractivity contribution in [2.75, 3.05) is 19.0 Å². The first-order valence-electron chi connectivity index (χ1n) is 6.27. The summed E-state index contributed by atoms with van der Waals surface area (Å²) < 4.78 is 5.39. The predicted molar refractivity (Wildman–Crippen MR) is 75.3 cm³/mol. The van der Waals surface area contributed by atoms with Crippen molar-refractivity contribution in [1.29, 1.82) is 5.26 Å². The Kier molecular flexibility index (Phi) is 2.85. The lowest BCUT2D eigenvalue weighted by atomic mass is 9.99. The molecule has 0 radical (unpaired) electrons. The van der Waals surface area contributed by atoms with Gasteiger partial charge in [0.1, 0.15) is 5.75 Å². The zero-order valence-electron chi connectivity index (χ0n) is 10.7. The molecule has 0 aromatic heterocycles. The van der Waals surface area contributed by atoms with Gasteiger partial charge in [0, 0.05) is 17.8 Å². The van der Waals surface area contributed by atoms with E-state index in [-0.39, 0.29) is 0 Å². The van der Waals surface area contributed by atoms with Crippen LogP contribution >= 0.6 is 0 Å². The molecule has 2 aromatic rings. The first-order valence-corrected chi connectivity index (χ1v) is 6.27. The van der Waals surface area contributed by atoms with Gasteiger partial charge in [-0.05, 0) is 47.9 Å². The molecule has 0 atom stereocenters. The van der Waals surface area contributed by atoms with Crippen LogP contribution < -0.4 is 10.1 Å².